The Bertz CT molecular complexity index is 968. The van der Waals surface area contributed by atoms with Gasteiger partial charge in [-0.15, -0.1) is 0 Å². The minimum absolute atomic E-state index is 0.00840. The third-order valence-electron chi connectivity index (χ3n) is 5.97. The molecule has 3 heterocycles. The van der Waals surface area contributed by atoms with Gasteiger partial charge < -0.3 is 10.1 Å². The Morgan fingerprint density at radius 2 is 2.00 bits per heavy atom. The van der Waals surface area contributed by atoms with E-state index in [2.05, 4.69) is 10.3 Å². The molecule has 1 N–H and O–H groups in total. The second-order valence-corrected chi connectivity index (χ2v) is 9.71. The van der Waals surface area contributed by atoms with Crippen molar-refractivity contribution in [3.63, 3.8) is 0 Å². The summed E-state index contributed by atoms with van der Waals surface area (Å²) in [6.07, 6.45) is 4.67. The van der Waals surface area contributed by atoms with Crippen molar-refractivity contribution in [1.29, 1.82) is 0 Å². The molecule has 2 aromatic rings. The number of pyridine rings is 1. The summed E-state index contributed by atoms with van der Waals surface area (Å²) in [7, 11) is -3.52. The van der Waals surface area contributed by atoms with Crippen LogP contribution >= 0.6 is 0 Å². The van der Waals surface area contributed by atoms with E-state index in [0.29, 0.717) is 36.5 Å². The number of hydrogen-bond acceptors (Lipinski definition) is 5. The summed E-state index contributed by atoms with van der Waals surface area (Å²) in [6.45, 7) is 2.78. The van der Waals surface area contributed by atoms with Gasteiger partial charge in [-0.25, -0.2) is 8.42 Å². The maximum Gasteiger partial charge on any atom is 0.253 e. The number of carbonyl (C=O) groups is 1. The van der Waals surface area contributed by atoms with E-state index in [1.165, 1.54) is 4.31 Å². The van der Waals surface area contributed by atoms with E-state index in [1.54, 1.807) is 54.9 Å². The molecule has 2 aliphatic rings. The molecule has 154 valence electrons. The minimum atomic E-state index is -3.52. The van der Waals surface area contributed by atoms with Crippen molar-refractivity contribution in [1.82, 2.24) is 9.29 Å². The molecule has 2 saturated heterocycles. The number of aromatic nitrogens is 1. The molecule has 3 atom stereocenters. The van der Waals surface area contributed by atoms with Gasteiger partial charge in [-0.2, -0.15) is 4.31 Å². The van der Waals surface area contributed by atoms with Crippen LogP contribution in [-0.2, 0) is 19.6 Å². The SMILES string of the molecule is CC1CN(S(=O)(=O)c2ccccc2)CCC12CCC(C(=O)Nc1cccnc1)O2. The molecule has 1 spiro atoms. The molecule has 3 unspecified atom stereocenters. The molecule has 0 bridgehead atoms. The average Bonchev–Trinajstić information content (AvgIpc) is 3.17. The second kappa shape index (κ2) is 7.85. The third kappa shape index (κ3) is 3.92. The molecule has 0 radical (unpaired) electrons. The lowest BCUT2D eigenvalue weighted by Gasteiger charge is -2.43. The van der Waals surface area contributed by atoms with Crippen LogP contribution in [0.25, 0.3) is 0 Å². The number of rotatable bonds is 4. The van der Waals surface area contributed by atoms with E-state index >= 15 is 0 Å². The summed E-state index contributed by atoms with van der Waals surface area (Å²) >= 11 is 0. The Morgan fingerprint density at radius 3 is 2.69 bits per heavy atom. The van der Waals surface area contributed by atoms with E-state index in [1.807, 2.05) is 6.92 Å². The molecule has 7 nitrogen and oxygen atoms in total. The Balaban J connectivity index is 1.42. The van der Waals surface area contributed by atoms with Crippen molar-refractivity contribution in [3.05, 3.63) is 54.9 Å². The zero-order valence-corrected chi connectivity index (χ0v) is 17.1. The van der Waals surface area contributed by atoms with Crippen molar-refractivity contribution in [2.45, 2.75) is 42.8 Å². The molecule has 4 rings (SSSR count). The van der Waals surface area contributed by atoms with Crippen LogP contribution in [-0.4, -0.2) is 48.4 Å². The number of carbonyl (C=O) groups excluding carboxylic acids is 1. The van der Waals surface area contributed by atoms with Crippen molar-refractivity contribution < 1.29 is 17.9 Å². The number of anilines is 1. The first kappa shape index (κ1) is 20.0. The van der Waals surface area contributed by atoms with Crippen molar-refractivity contribution in [3.8, 4) is 0 Å². The highest BCUT2D eigenvalue weighted by molar-refractivity contribution is 7.89. The zero-order chi connectivity index (χ0) is 20.5. The van der Waals surface area contributed by atoms with Gasteiger partial charge in [-0.05, 0) is 49.4 Å². The first-order valence-corrected chi connectivity index (χ1v) is 11.3. The average molecular weight is 416 g/mol. The number of hydrogen-bond donors (Lipinski definition) is 1. The quantitative estimate of drug-likeness (QED) is 0.829. The van der Waals surface area contributed by atoms with Crippen LogP contribution in [0.2, 0.25) is 0 Å². The fourth-order valence-electron chi connectivity index (χ4n) is 4.25. The van der Waals surface area contributed by atoms with Gasteiger partial charge in [0.1, 0.15) is 6.10 Å². The Hall–Kier alpha value is -2.29. The Labute approximate surface area is 171 Å². The molecule has 2 aliphatic heterocycles. The maximum absolute atomic E-state index is 12.9. The molecule has 8 heteroatoms. The zero-order valence-electron chi connectivity index (χ0n) is 16.3. The van der Waals surface area contributed by atoms with Crippen LogP contribution in [0.4, 0.5) is 5.69 Å². The monoisotopic (exact) mass is 415 g/mol. The Morgan fingerprint density at radius 1 is 1.21 bits per heavy atom. The van der Waals surface area contributed by atoms with Gasteiger partial charge in [-0.3, -0.25) is 9.78 Å². The van der Waals surface area contributed by atoms with Crippen molar-refractivity contribution >= 4 is 21.6 Å². The van der Waals surface area contributed by atoms with E-state index in [9.17, 15) is 13.2 Å². The summed E-state index contributed by atoms with van der Waals surface area (Å²) in [4.78, 5) is 16.9. The topological polar surface area (TPSA) is 88.6 Å². The molecule has 1 amide bonds. The lowest BCUT2D eigenvalue weighted by molar-refractivity contribution is -0.140. The summed E-state index contributed by atoms with van der Waals surface area (Å²) in [6, 6.07) is 12.0. The van der Waals surface area contributed by atoms with Crippen LogP contribution in [0.15, 0.2) is 59.8 Å². The van der Waals surface area contributed by atoms with Crippen LogP contribution < -0.4 is 5.32 Å². The molecule has 0 aliphatic carbocycles. The summed E-state index contributed by atoms with van der Waals surface area (Å²) in [5, 5.41) is 2.84. The number of nitrogens with zero attached hydrogens (tertiary/aromatic N) is 2. The summed E-state index contributed by atoms with van der Waals surface area (Å²) < 4.78 is 33.6. The van der Waals surface area contributed by atoms with Crippen molar-refractivity contribution in [2.75, 3.05) is 18.4 Å². The number of sulfonamides is 1. The van der Waals surface area contributed by atoms with E-state index in [-0.39, 0.29) is 11.8 Å². The molecule has 2 fully saturated rings. The first-order valence-electron chi connectivity index (χ1n) is 9.85. The van der Waals surface area contributed by atoms with E-state index in [4.69, 9.17) is 4.74 Å². The van der Waals surface area contributed by atoms with Gasteiger partial charge in [0, 0.05) is 19.3 Å². The van der Waals surface area contributed by atoms with Crippen LogP contribution in [0, 0.1) is 5.92 Å². The fourth-order valence-corrected chi connectivity index (χ4v) is 5.80. The molecule has 1 aromatic carbocycles. The van der Waals surface area contributed by atoms with Gasteiger partial charge in [0.25, 0.3) is 5.91 Å². The van der Waals surface area contributed by atoms with Gasteiger partial charge >= 0.3 is 0 Å². The predicted molar refractivity (Wildman–Crippen MR) is 109 cm³/mol. The van der Waals surface area contributed by atoms with E-state index < -0.39 is 21.7 Å². The summed E-state index contributed by atoms with van der Waals surface area (Å²) in [5.74, 6) is -0.188. The number of piperidine rings is 1. The first-order chi connectivity index (χ1) is 13.9. The highest BCUT2D eigenvalue weighted by Crippen LogP contribution is 2.43. The van der Waals surface area contributed by atoms with E-state index in [0.717, 1.165) is 6.42 Å². The maximum atomic E-state index is 12.9. The number of benzene rings is 1. The fraction of sp³-hybridized carbons (Fsp3) is 0.429. The minimum Gasteiger partial charge on any atom is -0.362 e. The number of amides is 1. The van der Waals surface area contributed by atoms with Crippen LogP contribution in [0.1, 0.15) is 26.2 Å². The molecule has 1 aromatic heterocycles. The smallest absolute Gasteiger partial charge is 0.253 e. The van der Waals surface area contributed by atoms with Gasteiger partial charge in [0.15, 0.2) is 0 Å². The summed E-state index contributed by atoms with van der Waals surface area (Å²) in [5.41, 5.74) is 0.179. The molecule has 0 saturated carbocycles. The van der Waals surface area contributed by atoms with Crippen LogP contribution in [0.5, 0.6) is 0 Å². The molecular weight excluding hydrogens is 390 g/mol. The Kier molecular flexibility index (Phi) is 5.42. The lowest BCUT2D eigenvalue weighted by atomic mass is 9.81. The molecule has 29 heavy (non-hydrogen) atoms. The normalized spacial score (nSPS) is 27.8. The highest BCUT2D eigenvalue weighted by atomic mass is 32.2. The largest absolute Gasteiger partial charge is 0.362 e. The number of ether oxygens (including phenoxy) is 1. The standard InChI is InChI=1S/C21H25N3O4S/c1-16-15-24(29(26,27)18-7-3-2-4-8-18)13-11-21(16)10-9-19(28-21)20(25)23-17-6-5-12-22-14-17/h2-8,12,14,16,19H,9-11,13,15H2,1H3,(H,23,25). The molecular formula is C21H25N3O4S. The third-order valence-corrected chi connectivity index (χ3v) is 7.85. The van der Waals surface area contributed by atoms with Crippen LogP contribution in [0.3, 0.4) is 0 Å². The van der Waals surface area contributed by atoms with Crippen molar-refractivity contribution in [2.24, 2.45) is 5.92 Å². The lowest BCUT2D eigenvalue weighted by Crippen LogP contribution is -2.52. The van der Waals surface area contributed by atoms with Gasteiger partial charge in [-0.1, -0.05) is 25.1 Å². The van der Waals surface area contributed by atoms with Gasteiger partial charge in [0.05, 0.1) is 22.4 Å². The number of nitrogens with one attached hydrogen (secondary N) is 1. The second-order valence-electron chi connectivity index (χ2n) is 7.77. The predicted octanol–water partition coefficient (Wildman–Crippen LogP) is 2.67. The highest BCUT2D eigenvalue weighted by Gasteiger charge is 2.50. The van der Waals surface area contributed by atoms with Gasteiger partial charge in [0.2, 0.25) is 10.0 Å².